The number of hydrogen-bond donors (Lipinski definition) is 0. The Morgan fingerprint density at radius 2 is 2.08 bits per heavy atom. The number of aliphatic imine (C=N–C) groups is 1. The molecule has 1 aromatic rings. The van der Waals surface area contributed by atoms with E-state index in [-0.39, 0.29) is 6.04 Å². The largest absolute Gasteiger partial charge is 0.235 e. The fourth-order valence-electron chi connectivity index (χ4n) is 1.32. The smallest absolute Gasteiger partial charge is 0.211 e. The Labute approximate surface area is 78.3 Å². The van der Waals surface area contributed by atoms with E-state index < -0.39 is 0 Å². The molecular formula is C11H13NO. The topological polar surface area (TPSA) is 29.4 Å². The van der Waals surface area contributed by atoms with E-state index in [1.54, 1.807) is 6.08 Å². The summed E-state index contributed by atoms with van der Waals surface area (Å²) in [5.74, 6) is 0. The molecular weight excluding hydrogens is 162 g/mol. The van der Waals surface area contributed by atoms with Crippen LogP contribution in [0.3, 0.4) is 0 Å². The normalized spacial score (nSPS) is 11.8. The van der Waals surface area contributed by atoms with Gasteiger partial charge in [-0.25, -0.2) is 4.79 Å². The lowest BCUT2D eigenvalue weighted by Crippen LogP contribution is -1.93. The van der Waals surface area contributed by atoms with Crippen LogP contribution in [0.25, 0.3) is 0 Å². The van der Waals surface area contributed by atoms with Crippen molar-refractivity contribution in [2.24, 2.45) is 4.99 Å². The van der Waals surface area contributed by atoms with Crippen molar-refractivity contribution in [3.05, 3.63) is 35.9 Å². The zero-order chi connectivity index (χ0) is 9.52. The first kappa shape index (κ1) is 9.69. The lowest BCUT2D eigenvalue weighted by molar-refractivity contribution is 0.552. The van der Waals surface area contributed by atoms with Gasteiger partial charge in [0.25, 0.3) is 0 Å². The van der Waals surface area contributed by atoms with Gasteiger partial charge >= 0.3 is 0 Å². The molecule has 2 nitrogen and oxygen atoms in total. The summed E-state index contributed by atoms with van der Waals surface area (Å²) in [6.45, 7) is 2.08. The van der Waals surface area contributed by atoms with E-state index in [0.717, 1.165) is 18.4 Å². The van der Waals surface area contributed by atoms with Crippen LogP contribution in [0, 0.1) is 0 Å². The van der Waals surface area contributed by atoms with E-state index in [2.05, 4.69) is 11.9 Å². The minimum absolute atomic E-state index is 0.0105. The first-order valence-electron chi connectivity index (χ1n) is 4.50. The average Bonchev–Trinajstić information content (AvgIpc) is 2.19. The van der Waals surface area contributed by atoms with Crippen LogP contribution in [0.15, 0.2) is 35.3 Å². The highest BCUT2D eigenvalue weighted by molar-refractivity contribution is 5.35. The molecule has 13 heavy (non-hydrogen) atoms. The maximum Gasteiger partial charge on any atom is 0.235 e. The Morgan fingerprint density at radius 1 is 1.38 bits per heavy atom. The highest BCUT2D eigenvalue weighted by Gasteiger charge is 2.06. The molecule has 1 unspecified atom stereocenters. The average molecular weight is 175 g/mol. The van der Waals surface area contributed by atoms with Gasteiger partial charge in [-0.2, -0.15) is 4.99 Å². The van der Waals surface area contributed by atoms with Crippen LogP contribution in [0.5, 0.6) is 0 Å². The van der Waals surface area contributed by atoms with Crippen LogP contribution >= 0.6 is 0 Å². The molecule has 0 spiro atoms. The van der Waals surface area contributed by atoms with E-state index in [4.69, 9.17) is 0 Å². The van der Waals surface area contributed by atoms with Crippen LogP contribution in [-0.4, -0.2) is 6.08 Å². The van der Waals surface area contributed by atoms with Gasteiger partial charge in [0.15, 0.2) is 0 Å². The minimum Gasteiger partial charge on any atom is -0.211 e. The zero-order valence-electron chi connectivity index (χ0n) is 7.73. The molecule has 0 aliphatic rings. The number of benzene rings is 1. The van der Waals surface area contributed by atoms with Crippen molar-refractivity contribution < 1.29 is 4.79 Å². The summed E-state index contributed by atoms with van der Waals surface area (Å²) < 4.78 is 0. The summed E-state index contributed by atoms with van der Waals surface area (Å²) in [6.07, 6.45) is 3.55. The fraction of sp³-hybridized carbons (Fsp3) is 0.364. The van der Waals surface area contributed by atoms with E-state index in [1.807, 2.05) is 30.3 Å². The highest BCUT2D eigenvalue weighted by Crippen LogP contribution is 2.21. The molecule has 1 aromatic carbocycles. The van der Waals surface area contributed by atoms with Crippen molar-refractivity contribution in [3.8, 4) is 0 Å². The van der Waals surface area contributed by atoms with Crippen molar-refractivity contribution in [1.82, 2.24) is 0 Å². The SMILES string of the molecule is CCCC(N=C=O)c1ccccc1. The van der Waals surface area contributed by atoms with Gasteiger partial charge in [0.1, 0.15) is 0 Å². The van der Waals surface area contributed by atoms with Gasteiger partial charge in [0.2, 0.25) is 6.08 Å². The summed E-state index contributed by atoms with van der Waals surface area (Å²) in [6, 6.07) is 9.83. The molecule has 0 amide bonds. The number of hydrogen-bond acceptors (Lipinski definition) is 2. The fourth-order valence-corrected chi connectivity index (χ4v) is 1.32. The molecule has 1 atom stereocenters. The van der Waals surface area contributed by atoms with E-state index in [0.29, 0.717) is 0 Å². The number of nitrogens with zero attached hydrogens (tertiary/aromatic N) is 1. The third-order valence-corrected chi connectivity index (χ3v) is 1.95. The first-order chi connectivity index (χ1) is 6.38. The second-order valence-electron chi connectivity index (χ2n) is 2.94. The number of carbonyl (C=O) groups excluding carboxylic acids is 1. The summed E-state index contributed by atoms with van der Waals surface area (Å²) >= 11 is 0. The second kappa shape index (κ2) is 5.28. The monoisotopic (exact) mass is 175 g/mol. The lowest BCUT2D eigenvalue weighted by atomic mass is 10.0. The van der Waals surface area contributed by atoms with Crippen molar-refractivity contribution in [2.75, 3.05) is 0 Å². The Bertz CT molecular complexity index is 288. The molecule has 0 aliphatic carbocycles. The Hall–Kier alpha value is -1.40. The number of isocyanates is 1. The van der Waals surface area contributed by atoms with Gasteiger partial charge in [0.05, 0.1) is 6.04 Å². The van der Waals surface area contributed by atoms with Crippen molar-refractivity contribution in [3.63, 3.8) is 0 Å². The molecule has 0 fully saturated rings. The summed E-state index contributed by atoms with van der Waals surface area (Å²) in [5.41, 5.74) is 1.09. The molecule has 0 saturated carbocycles. The summed E-state index contributed by atoms with van der Waals surface area (Å²) in [4.78, 5) is 14.0. The molecule has 0 N–H and O–H groups in total. The van der Waals surface area contributed by atoms with Crippen LogP contribution < -0.4 is 0 Å². The van der Waals surface area contributed by atoms with Gasteiger partial charge < -0.3 is 0 Å². The standard InChI is InChI=1S/C11H13NO/c1-2-6-11(12-9-13)10-7-4-3-5-8-10/h3-5,7-8,11H,2,6H2,1H3. The maximum atomic E-state index is 10.2. The number of rotatable bonds is 4. The predicted octanol–water partition coefficient (Wildman–Crippen LogP) is 2.86. The quantitative estimate of drug-likeness (QED) is 0.511. The van der Waals surface area contributed by atoms with Gasteiger partial charge in [-0.3, -0.25) is 0 Å². The summed E-state index contributed by atoms with van der Waals surface area (Å²) in [5, 5.41) is 0. The van der Waals surface area contributed by atoms with E-state index in [1.165, 1.54) is 0 Å². The van der Waals surface area contributed by atoms with Crippen molar-refractivity contribution >= 4 is 6.08 Å². The molecule has 2 heteroatoms. The second-order valence-corrected chi connectivity index (χ2v) is 2.94. The van der Waals surface area contributed by atoms with Crippen LogP contribution in [-0.2, 0) is 4.79 Å². The van der Waals surface area contributed by atoms with Crippen molar-refractivity contribution in [2.45, 2.75) is 25.8 Å². The lowest BCUT2D eigenvalue weighted by Gasteiger charge is -2.08. The van der Waals surface area contributed by atoms with E-state index in [9.17, 15) is 4.79 Å². The Morgan fingerprint density at radius 3 is 2.62 bits per heavy atom. The van der Waals surface area contributed by atoms with Crippen LogP contribution in [0.1, 0.15) is 31.4 Å². The Kier molecular flexibility index (Phi) is 3.94. The van der Waals surface area contributed by atoms with Gasteiger partial charge in [-0.1, -0.05) is 43.7 Å². The molecule has 0 bridgehead atoms. The molecule has 0 saturated heterocycles. The highest BCUT2D eigenvalue weighted by atomic mass is 16.1. The predicted molar refractivity (Wildman–Crippen MR) is 52.2 cm³/mol. The third kappa shape index (κ3) is 2.85. The van der Waals surface area contributed by atoms with Gasteiger partial charge in [-0.05, 0) is 12.0 Å². The van der Waals surface area contributed by atoms with Crippen LogP contribution in [0.4, 0.5) is 0 Å². The van der Waals surface area contributed by atoms with Crippen LogP contribution in [0.2, 0.25) is 0 Å². The molecule has 0 heterocycles. The van der Waals surface area contributed by atoms with E-state index >= 15 is 0 Å². The molecule has 0 radical (unpaired) electrons. The van der Waals surface area contributed by atoms with Gasteiger partial charge in [0, 0.05) is 0 Å². The van der Waals surface area contributed by atoms with Crippen molar-refractivity contribution in [1.29, 1.82) is 0 Å². The zero-order valence-corrected chi connectivity index (χ0v) is 7.73. The Balaban J connectivity index is 2.81. The maximum absolute atomic E-state index is 10.2. The molecule has 0 aromatic heterocycles. The summed E-state index contributed by atoms with van der Waals surface area (Å²) in [7, 11) is 0. The molecule has 0 aliphatic heterocycles. The molecule has 1 rings (SSSR count). The minimum atomic E-state index is -0.0105. The third-order valence-electron chi connectivity index (χ3n) is 1.95. The first-order valence-corrected chi connectivity index (χ1v) is 4.50. The van der Waals surface area contributed by atoms with Gasteiger partial charge in [-0.15, -0.1) is 0 Å². The molecule has 68 valence electrons.